The van der Waals surface area contributed by atoms with E-state index in [-0.39, 0.29) is 5.91 Å². The minimum Gasteiger partial charge on any atom is -0.495 e. The number of ether oxygens (including phenoxy) is 3. The average molecular weight is 454 g/mol. The molecule has 0 radical (unpaired) electrons. The first-order valence-corrected chi connectivity index (χ1v) is 10.9. The molecule has 0 saturated carbocycles. The van der Waals surface area contributed by atoms with Crippen molar-refractivity contribution in [3.63, 3.8) is 0 Å². The molecule has 166 valence electrons. The average Bonchev–Trinajstić information content (AvgIpc) is 3.36. The number of aromatic nitrogens is 4. The monoisotopic (exact) mass is 453 g/mol. The zero-order valence-electron chi connectivity index (χ0n) is 18.2. The number of amides is 1. The van der Waals surface area contributed by atoms with Crippen LogP contribution in [0.1, 0.15) is 30.0 Å². The maximum Gasteiger partial charge on any atom is 0.256 e. The van der Waals surface area contributed by atoms with E-state index in [0.29, 0.717) is 52.5 Å². The van der Waals surface area contributed by atoms with Crippen molar-refractivity contribution in [1.29, 1.82) is 0 Å². The second kappa shape index (κ2) is 9.23. The van der Waals surface area contributed by atoms with E-state index in [0.717, 1.165) is 10.6 Å². The fraction of sp³-hybridized carbons (Fsp3) is 0.273. The van der Waals surface area contributed by atoms with Crippen LogP contribution in [0.2, 0.25) is 0 Å². The Hall–Kier alpha value is -3.66. The molecule has 0 unspecified atom stereocenters. The van der Waals surface area contributed by atoms with Crippen LogP contribution in [0.25, 0.3) is 15.5 Å². The van der Waals surface area contributed by atoms with Crippen molar-refractivity contribution in [1.82, 2.24) is 19.8 Å². The summed E-state index contributed by atoms with van der Waals surface area (Å²) in [6.07, 6.45) is 0. The topological polar surface area (TPSA) is 99.9 Å². The van der Waals surface area contributed by atoms with Gasteiger partial charge in [-0.05, 0) is 51.1 Å². The van der Waals surface area contributed by atoms with Crippen molar-refractivity contribution >= 4 is 27.9 Å². The first-order valence-electron chi connectivity index (χ1n) is 10.1. The number of carbonyl (C=O) groups excluding carboxylic acids is 1. The third kappa shape index (κ3) is 4.35. The highest BCUT2D eigenvalue weighted by Crippen LogP contribution is 2.33. The SMILES string of the molecule is CCOc1cc(OCC)cc(C(=O)Nc2cc(-c3nn4c(C)nnc4s3)ccc2OC)c1. The fourth-order valence-corrected chi connectivity index (χ4v) is 4.05. The van der Waals surface area contributed by atoms with Gasteiger partial charge in [-0.2, -0.15) is 9.61 Å². The molecule has 0 aliphatic carbocycles. The smallest absolute Gasteiger partial charge is 0.256 e. The zero-order chi connectivity index (χ0) is 22.7. The number of methoxy groups -OCH3 is 1. The molecule has 0 aliphatic rings. The molecular formula is C22H23N5O4S. The summed E-state index contributed by atoms with van der Waals surface area (Å²) in [6, 6.07) is 10.6. The van der Waals surface area contributed by atoms with Gasteiger partial charge >= 0.3 is 0 Å². The van der Waals surface area contributed by atoms with Gasteiger partial charge in [-0.3, -0.25) is 4.79 Å². The van der Waals surface area contributed by atoms with Crippen LogP contribution in [0.4, 0.5) is 5.69 Å². The Bertz CT molecular complexity index is 1240. The van der Waals surface area contributed by atoms with Crippen LogP contribution < -0.4 is 19.5 Å². The fourth-order valence-electron chi connectivity index (χ4n) is 3.17. The number of aryl methyl sites for hydroxylation is 1. The number of hydrogen-bond donors (Lipinski definition) is 1. The molecule has 1 N–H and O–H groups in total. The van der Waals surface area contributed by atoms with Gasteiger partial charge in [0, 0.05) is 17.2 Å². The summed E-state index contributed by atoms with van der Waals surface area (Å²) in [5.41, 5.74) is 1.77. The summed E-state index contributed by atoms with van der Waals surface area (Å²) in [7, 11) is 1.56. The van der Waals surface area contributed by atoms with Crippen molar-refractivity contribution < 1.29 is 19.0 Å². The van der Waals surface area contributed by atoms with Gasteiger partial charge in [0.2, 0.25) is 4.96 Å². The molecule has 2 aromatic carbocycles. The number of hydrogen-bond acceptors (Lipinski definition) is 8. The van der Waals surface area contributed by atoms with Crippen LogP contribution >= 0.6 is 11.3 Å². The maximum absolute atomic E-state index is 13.1. The zero-order valence-corrected chi connectivity index (χ0v) is 19.0. The lowest BCUT2D eigenvalue weighted by atomic mass is 10.1. The molecule has 0 saturated heterocycles. The summed E-state index contributed by atoms with van der Waals surface area (Å²) in [5, 5.41) is 16.4. The van der Waals surface area contributed by atoms with Gasteiger partial charge < -0.3 is 19.5 Å². The Labute approximate surface area is 189 Å². The molecule has 0 spiro atoms. The van der Waals surface area contributed by atoms with Crippen molar-refractivity contribution in [3.8, 4) is 27.8 Å². The molecule has 1 amide bonds. The molecule has 4 aromatic rings. The molecular weight excluding hydrogens is 430 g/mol. The van der Waals surface area contributed by atoms with Gasteiger partial charge in [0.15, 0.2) is 5.82 Å². The van der Waals surface area contributed by atoms with Crippen molar-refractivity contribution in [2.75, 3.05) is 25.6 Å². The van der Waals surface area contributed by atoms with E-state index < -0.39 is 0 Å². The summed E-state index contributed by atoms with van der Waals surface area (Å²) >= 11 is 1.42. The molecule has 2 aromatic heterocycles. The largest absolute Gasteiger partial charge is 0.495 e. The van der Waals surface area contributed by atoms with Crippen LogP contribution in [-0.4, -0.2) is 46.0 Å². The molecule has 0 fully saturated rings. The minimum absolute atomic E-state index is 0.308. The molecule has 0 bridgehead atoms. The van der Waals surface area contributed by atoms with Crippen LogP contribution in [0, 0.1) is 6.92 Å². The van der Waals surface area contributed by atoms with Gasteiger partial charge in [0.05, 0.1) is 26.0 Å². The molecule has 32 heavy (non-hydrogen) atoms. The van der Waals surface area contributed by atoms with Gasteiger partial charge in [-0.1, -0.05) is 11.3 Å². The van der Waals surface area contributed by atoms with E-state index in [9.17, 15) is 4.79 Å². The number of nitrogens with zero attached hydrogens (tertiary/aromatic N) is 4. The summed E-state index contributed by atoms with van der Waals surface area (Å²) in [5.74, 6) is 2.08. The molecule has 0 atom stereocenters. The number of benzene rings is 2. The normalized spacial score (nSPS) is 10.9. The van der Waals surface area contributed by atoms with Crippen LogP contribution in [-0.2, 0) is 0 Å². The third-order valence-corrected chi connectivity index (χ3v) is 5.55. The second-order valence-corrected chi connectivity index (χ2v) is 7.73. The number of rotatable bonds is 8. The lowest BCUT2D eigenvalue weighted by molar-refractivity contribution is 0.102. The van der Waals surface area contributed by atoms with Gasteiger partial charge in [0.1, 0.15) is 22.3 Å². The number of carbonyl (C=O) groups is 1. The van der Waals surface area contributed by atoms with E-state index in [1.54, 1.807) is 35.9 Å². The number of anilines is 1. The highest BCUT2D eigenvalue weighted by atomic mass is 32.1. The van der Waals surface area contributed by atoms with E-state index in [4.69, 9.17) is 14.2 Å². The Balaban J connectivity index is 1.65. The minimum atomic E-state index is -0.308. The van der Waals surface area contributed by atoms with Gasteiger partial charge in [0.25, 0.3) is 5.91 Å². The number of fused-ring (bicyclic) bond motifs is 1. The highest BCUT2D eigenvalue weighted by Gasteiger charge is 2.16. The predicted octanol–water partition coefficient (Wildman–Crippen LogP) is 4.22. The Kier molecular flexibility index (Phi) is 6.22. The standard InChI is InChI=1S/C22H23N5O4S/c1-5-30-16-9-15(10-17(12-16)31-6-2)20(28)23-18-11-14(7-8-19(18)29-4)21-26-27-13(3)24-25-22(27)32-21/h7-12H,5-6H2,1-4H3,(H,23,28). The van der Waals surface area contributed by atoms with E-state index in [1.807, 2.05) is 32.9 Å². The first-order chi connectivity index (χ1) is 15.5. The lowest BCUT2D eigenvalue weighted by Gasteiger charge is -2.13. The molecule has 9 nitrogen and oxygen atoms in total. The maximum atomic E-state index is 13.1. The van der Waals surface area contributed by atoms with Crippen LogP contribution in [0.3, 0.4) is 0 Å². The van der Waals surface area contributed by atoms with E-state index in [1.165, 1.54) is 11.3 Å². The third-order valence-electron chi connectivity index (χ3n) is 4.61. The van der Waals surface area contributed by atoms with E-state index in [2.05, 4.69) is 20.6 Å². The molecule has 4 rings (SSSR count). The van der Waals surface area contributed by atoms with Crippen molar-refractivity contribution in [2.45, 2.75) is 20.8 Å². The second-order valence-electron chi connectivity index (χ2n) is 6.78. The van der Waals surface area contributed by atoms with Crippen LogP contribution in [0.5, 0.6) is 17.2 Å². The quantitative estimate of drug-likeness (QED) is 0.426. The Morgan fingerprint density at radius 2 is 1.78 bits per heavy atom. The first kappa shape index (κ1) is 21.6. The molecule has 2 heterocycles. The number of nitrogens with one attached hydrogen (secondary N) is 1. The lowest BCUT2D eigenvalue weighted by Crippen LogP contribution is -2.13. The van der Waals surface area contributed by atoms with Crippen molar-refractivity contribution in [3.05, 3.63) is 47.8 Å². The predicted molar refractivity (Wildman–Crippen MR) is 122 cm³/mol. The van der Waals surface area contributed by atoms with Crippen LogP contribution in [0.15, 0.2) is 36.4 Å². The summed E-state index contributed by atoms with van der Waals surface area (Å²) in [4.78, 5) is 13.8. The molecule has 0 aliphatic heterocycles. The highest BCUT2D eigenvalue weighted by molar-refractivity contribution is 7.19. The Morgan fingerprint density at radius 3 is 2.41 bits per heavy atom. The van der Waals surface area contributed by atoms with Gasteiger partial charge in [-0.25, -0.2) is 0 Å². The Morgan fingerprint density at radius 1 is 1.06 bits per heavy atom. The summed E-state index contributed by atoms with van der Waals surface area (Å²) < 4.78 is 18.3. The van der Waals surface area contributed by atoms with Crippen molar-refractivity contribution in [2.24, 2.45) is 0 Å². The van der Waals surface area contributed by atoms with E-state index >= 15 is 0 Å². The van der Waals surface area contributed by atoms with Gasteiger partial charge in [-0.15, -0.1) is 10.2 Å². The summed E-state index contributed by atoms with van der Waals surface area (Å²) in [6.45, 7) is 6.58. The molecule has 10 heteroatoms.